The zero-order valence-corrected chi connectivity index (χ0v) is 7.54. The molecule has 6 heteroatoms. The van der Waals surface area contributed by atoms with Crippen molar-refractivity contribution >= 4 is 33.3 Å². The van der Waals surface area contributed by atoms with Gasteiger partial charge in [-0.25, -0.2) is 0 Å². The molecule has 0 unspecified atom stereocenters. The predicted octanol–water partition coefficient (Wildman–Crippen LogP) is 3.44. The van der Waals surface area contributed by atoms with Crippen molar-refractivity contribution in [2.45, 2.75) is 0 Å². The second-order valence-corrected chi connectivity index (χ2v) is 2.94. The normalized spacial score (nSPS) is 8.91. The molecule has 0 aliphatic heterocycles. The van der Waals surface area contributed by atoms with Gasteiger partial charge in [-0.05, 0) is 32.6 Å². The van der Waals surface area contributed by atoms with E-state index in [0.717, 1.165) is 0 Å². The fourth-order valence-electron chi connectivity index (χ4n) is 0.523. The lowest BCUT2D eigenvalue weighted by molar-refractivity contribution is 1.24. The average Bonchev–Trinajstić information content (AvgIpc) is 1.95. The van der Waals surface area contributed by atoms with Gasteiger partial charge in [0.15, 0.2) is 0 Å². The summed E-state index contributed by atoms with van der Waals surface area (Å²) >= 11 is 8.73. The lowest BCUT2D eigenvalue weighted by Gasteiger charge is -1.94. The molecule has 0 aliphatic rings. The van der Waals surface area contributed by atoms with Crippen LogP contribution in [0.2, 0.25) is 5.02 Å². The topological polar surface area (TPSA) is 61.7 Å². The van der Waals surface area contributed by atoms with E-state index in [1.165, 1.54) is 6.20 Å². The molecule has 1 aromatic heterocycles. The third-order valence-electron chi connectivity index (χ3n) is 0.928. The number of halogens is 2. The second-order valence-electron chi connectivity index (χ2n) is 1.65. The molecule has 1 aromatic rings. The highest BCUT2D eigenvalue weighted by atomic mass is 79.9. The monoisotopic (exact) mass is 232 g/mol. The Labute approximate surface area is 76.0 Å². The van der Waals surface area contributed by atoms with Crippen molar-refractivity contribution in [3.8, 4) is 0 Å². The van der Waals surface area contributed by atoms with Crippen LogP contribution in [0.5, 0.6) is 0 Å². The first-order chi connectivity index (χ1) is 5.24. The molecule has 0 atom stereocenters. The number of azide groups is 1. The maximum absolute atomic E-state index is 8.08. The molecule has 1 heterocycles. The molecule has 0 saturated heterocycles. The van der Waals surface area contributed by atoms with Gasteiger partial charge >= 0.3 is 0 Å². The summed E-state index contributed by atoms with van der Waals surface area (Å²) < 4.78 is 0.586. The van der Waals surface area contributed by atoms with Gasteiger partial charge in [-0.1, -0.05) is 11.6 Å². The van der Waals surface area contributed by atoms with Gasteiger partial charge in [-0.3, -0.25) is 4.98 Å². The molecule has 56 valence electrons. The molecular formula is C5H2BrClN4. The van der Waals surface area contributed by atoms with Gasteiger partial charge in [0.2, 0.25) is 0 Å². The van der Waals surface area contributed by atoms with Crippen LogP contribution in [0.1, 0.15) is 0 Å². The Bertz CT molecular complexity index is 320. The van der Waals surface area contributed by atoms with Crippen LogP contribution in [-0.2, 0) is 0 Å². The van der Waals surface area contributed by atoms with Crippen molar-refractivity contribution in [1.29, 1.82) is 0 Å². The summed E-state index contributed by atoms with van der Waals surface area (Å²) in [6, 6.07) is 1.61. The summed E-state index contributed by atoms with van der Waals surface area (Å²) in [7, 11) is 0. The number of hydrogen-bond donors (Lipinski definition) is 0. The summed E-state index contributed by atoms with van der Waals surface area (Å²) in [4.78, 5) is 6.35. The summed E-state index contributed by atoms with van der Waals surface area (Å²) in [5.74, 6) is 0.289. The van der Waals surface area contributed by atoms with Gasteiger partial charge in [0.25, 0.3) is 0 Å². The number of rotatable bonds is 1. The van der Waals surface area contributed by atoms with Crippen molar-refractivity contribution in [2.75, 3.05) is 0 Å². The van der Waals surface area contributed by atoms with Crippen LogP contribution in [0.3, 0.4) is 0 Å². The third kappa shape index (κ3) is 2.08. The first kappa shape index (κ1) is 8.33. The second kappa shape index (κ2) is 3.57. The van der Waals surface area contributed by atoms with Gasteiger partial charge < -0.3 is 0 Å². The smallest absolute Gasteiger partial charge is 0.140 e. The van der Waals surface area contributed by atoms with Crippen LogP contribution in [0, 0.1) is 0 Å². The van der Waals surface area contributed by atoms with Gasteiger partial charge in [-0.2, -0.15) is 0 Å². The fraction of sp³-hybridized carbons (Fsp3) is 0. The molecule has 0 aromatic carbocycles. The average molecular weight is 233 g/mol. The van der Waals surface area contributed by atoms with Gasteiger partial charge in [-0.15, -0.1) is 0 Å². The van der Waals surface area contributed by atoms with E-state index in [4.69, 9.17) is 17.1 Å². The van der Waals surface area contributed by atoms with Crippen LogP contribution in [-0.4, -0.2) is 4.98 Å². The first-order valence-corrected chi connectivity index (χ1v) is 3.77. The minimum Gasteiger partial charge on any atom is -0.252 e. The van der Waals surface area contributed by atoms with Crippen LogP contribution < -0.4 is 0 Å². The van der Waals surface area contributed by atoms with Gasteiger partial charge in [0.1, 0.15) is 5.82 Å². The maximum Gasteiger partial charge on any atom is 0.140 e. The molecular weight excluding hydrogens is 231 g/mol. The summed E-state index contributed by atoms with van der Waals surface area (Å²) in [6.07, 6.45) is 1.41. The zero-order valence-electron chi connectivity index (χ0n) is 5.20. The van der Waals surface area contributed by atoms with Crippen LogP contribution in [0.25, 0.3) is 10.4 Å². The SMILES string of the molecule is [N-]=[N+]=Nc1ncc(Cl)cc1Br. The Morgan fingerprint density at radius 2 is 2.45 bits per heavy atom. The van der Waals surface area contributed by atoms with Crippen molar-refractivity contribution in [1.82, 2.24) is 4.98 Å². The molecule has 0 aliphatic carbocycles. The molecule has 0 bridgehead atoms. The Hall–Kier alpha value is -0.770. The molecule has 0 radical (unpaired) electrons. The highest BCUT2D eigenvalue weighted by molar-refractivity contribution is 9.10. The molecule has 0 spiro atoms. The zero-order chi connectivity index (χ0) is 8.27. The predicted molar refractivity (Wildman–Crippen MR) is 45.8 cm³/mol. The Morgan fingerprint density at radius 1 is 1.73 bits per heavy atom. The van der Waals surface area contributed by atoms with Crippen LogP contribution in [0.15, 0.2) is 21.9 Å². The minimum absolute atomic E-state index is 0.289. The molecule has 11 heavy (non-hydrogen) atoms. The van der Waals surface area contributed by atoms with Gasteiger partial charge in [0.05, 0.1) is 5.02 Å². The maximum atomic E-state index is 8.08. The highest BCUT2D eigenvalue weighted by Gasteiger charge is 1.97. The van der Waals surface area contributed by atoms with Crippen molar-refractivity contribution in [3.05, 3.63) is 32.2 Å². The summed E-state index contributed by atoms with van der Waals surface area (Å²) in [5, 5.41) is 3.81. The van der Waals surface area contributed by atoms with E-state index in [-0.39, 0.29) is 5.82 Å². The molecule has 0 saturated carbocycles. The summed E-state index contributed by atoms with van der Waals surface area (Å²) in [6.45, 7) is 0. The largest absolute Gasteiger partial charge is 0.252 e. The van der Waals surface area contributed by atoms with E-state index >= 15 is 0 Å². The van der Waals surface area contributed by atoms with Crippen LogP contribution in [0.4, 0.5) is 5.82 Å². The quantitative estimate of drug-likeness (QED) is 0.416. The fourth-order valence-corrected chi connectivity index (χ4v) is 1.24. The lowest BCUT2D eigenvalue weighted by atomic mass is 10.5. The number of nitrogens with zero attached hydrogens (tertiary/aromatic N) is 4. The summed E-state index contributed by atoms with van der Waals surface area (Å²) in [5.41, 5.74) is 8.08. The molecule has 0 amide bonds. The molecule has 0 N–H and O–H groups in total. The highest BCUT2D eigenvalue weighted by Crippen LogP contribution is 2.25. The molecule has 1 rings (SSSR count). The van der Waals surface area contributed by atoms with E-state index in [0.29, 0.717) is 9.50 Å². The van der Waals surface area contributed by atoms with E-state index in [1.54, 1.807) is 6.07 Å². The number of hydrogen-bond acceptors (Lipinski definition) is 2. The third-order valence-corrected chi connectivity index (χ3v) is 1.72. The molecule has 0 fully saturated rings. The van der Waals surface area contributed by atoms with Crippen LogP contribution >= 0.6 is 27.5 Å². The van der Waals surface area contributed by atoms with Gasteiger partial charge in [0, 0.05) is 15.6 Å². The minimum atomic E-state index is 0.289. The Morgan fingerprint density at radius 3 is 3.00 bits per heavy atom. The van der Waals surface area contributed by atoms with Crippen molar-refractivity contribution in [2.24, 2.45) is 5.11 Å². The van der Waals surface area contributed by atoms with E-state index in [1.807, 2.05) is 0 Å². The Balaban J connectivity index is 3.19. The van der Waals surface area contributed by atoms with E-state index in [2.05, 4.69) is 30.9 Å². The van der Waals surface area contributed by atoms with E-state index < -0.39 is 0 Å². The molecule has 4 nitrogen and oxygen atoms in total. The standard InChI is InChI=1S/C5H2BrClN4/c6-4-1-3(7)2-9-5(4)10-11-8/h1-2H. The van der Waals surface area contributed by atoms with E-state index in [9.17, 15) is 0 Å². The van der Waals surface area contributed by atoms with Crippen molar-refractivity contribution < 1.29 is 0 Å². The number of aromatic nitrogens is 1. The Kier molecular flexibility index (Phi) is 2.70. The van der Waals surface area contributed by atoms with Crippen molar-refractivity contribution in [3.63, 3.8) is 0 Å². The number of pyridine rings is 1. The lowest BCUT2D eigenvalue weighted by Crippen LogP contribution is -1.74. The first-order valence-electron chi connectivity index (χ1n) is 2.60.